The maximum Gasteiger partial charge on any atom is 0.373 e. The van der Waals surface area contributed by atoms with Crippen LogP contribution in [0.5, 0.6) is 0 Å². The largest absolute Gasteiger partial charge is 0.373 e. The predicted molar refractivity (Wildman–Crippen MR) is 27.0 cm³/mol. The molecule has 4 nitrogen and oxygen atoms in total. The van der Waals surface area contributed by atoms with Gasteiger partial charge in [0.05, 0.1) is 0 Å². The minimum absolute atomic E-state index is 0. The van der Waals surface area contributed by atoms with Gasteiger partial charge in [-0.3, -0.25) is 0 Å². The van der Waals surface area contributed by atoms with Gasteiger partial charge in [-0.1, -0.05) is 7.43 Å². The van der Waals surface area contributed by atoms with Crippen LogP contribution in [0, 0.1) is 0 Å². The van der Waals surface area contributed by atoms with Crippen LogP contribution in [0.4, 0.5) is 0 Å². The average molecular weight is 138 g/mol. The third-order valence-corrected chi connectivity index (χ3v) is 0. The Bertz CT molecular complexity index is 47.2. The molecule has 0 N–H and O–H groups in total. The summed E-state index contributed by atoms with van der Waals surface area (Å²) in [5.74, 6) is 0. The maximum absolute atomic E-state index is 8.12. The van der Waals surface area contributed by atoms with Crippen LogP contribution >= 0.6 is 0 Å². The zero-order chi connectivity index (χ0) is 6.71. The number of rotatable bonds is 0. The molecule has 0 radical (unpaired) electrons. The van der Waals surface area contributed by atoms with Crippen molar-refractivity contribution in [2.24, 2.45) is 0 Å². The van der Waals surface area contributed by atoms with Crippen LogP contribution in [0.15, 0.2) is 0 Å². The Labute approximate surface area is 52.4 Å². The van der Waals surface area contributed by atoms with Gasteiger partial charge >= 0.3 is 6.15 Å². The second kappa shape index (κ2) is 31800. The lowest BCUT2D eigenvalue weighted by atomic mass is 11.8. The fourth-order valence-corrected chi connectivity index (χ4v) is 0. The molecule has 0 rings (SSSR count). The van der Waals surface area contributed by atoms with Crippen molar-refractivity contribution in [1.29, 1.82) is 0 Å². The number of hydrogen-bond donors (Lipinski definition) is 0. The first-order valence-corrected chi connectivity index (χ1v) is 1.20. The number of hydrogen-bond acceptors (Lipinski definition) is 5. The number of carbonyl (C=O) groups is 1. The van der Waals surface area contributed by atoms with Crippen LogP contribution in [0.1, 0.15) is 7.43 Å². The molecule has 0 aromatic carbocycles. The van der Waals surface area contributed by atoms with E-state index in [0.29, 0.717) is 0 Å². The Morgan fingerprint density at radius 2 is 1.12 bits per heavy atom. The summed E-state index contributed by atoms with van der Waals surface area (Å²) in [4.78, 5) is 24.2. The van der Waals surface area contributed by atoms with Gasteiger partial charge in [0, 0.05) is 0 Å². The van der Waals surface area contributed by atoms with Gasteiger partial charge in [-0.15, -0.1) is 0 Å². The molecule has 48 valence electrons. The molecule has 0 saturated heterocycles. The lowest BCUT2D eigenvalue weighted by molar-refractivity contribution is -0.191. The van der Waals surface area contributed by atoms with Gasteiger partial charge in [0.25, 0.3) is 0 Å². The Morgan fingerprint density at radius 3 is 1.12 bits per heavy atom. The normalized spacial score (nSPS) is 2.00. The molecule has 0 aliphatic heterocycles. The lowest BCUT2D eigenvalue weighted by Crippen LogP contribution is -1.22. The molecule has 0 saturated carbocycles. The van der Waals surface area contributed by atoms with Crippen LogP contribution in [0.3, 0.4) is 0 Å². The SMILES string of the molecule is C.C=O.O=C=O.O=S. The van der Waals surface area contributed by atoms with Crippen molar-refractivity contribution in [3.05, 3.63) is 0 Å². The van der Waals surface area contributed by atoms with Crippen molar-refractivity contribution in [2.45, 2.75) is 7.43 Å². The first-order chi connectivity index (χ1) is 3.41. The highest BCUT2D eigenvalue weighted by atomic mass is 32.1. The topological polar surface area (TPSA) is 68.3 Å². The van der Waals surface area contributed by atoms with Gasteiger partial charge < -0.3 is 4.79 Å². The van der Waals surface area contributed by atoms with Crippen molar-refractivity contribution in [2.75, 3.05) is 0 Å². The molecule has 8 heavy (non-hydrogen) atoms. The van der Waals surface area contributed by atoms with E-state index >= 15 is 0 Å². The molecular weight excluding hydrogens is 132 g/mol. The molecule has 0 atom stereocenters. The molecule has 0 fully saturated rings. The van der Waals surface area contributed by atoms with Crippen LogP contribution in [-0.4, -0.2) is 17.1 Å². The summed E-state index contributed by atoms with van der Waals surface area (Å²) >= 11 is 2.83. The van der Waals surface area contributed by atoms with E-state index in [1.165, 1.54) is 0 Å². The van der Waals surface area contributed by atoms with E-state index in [1.54, 1.807) is 0 Å². The summed E-state index contributed by atoms with van der Waals surface area (Å²) in [6.07, 6.45) is 0.250. The molecule has 0 aromatic rings. The van der Waals surface area contributed by atoms with E-state index in [-0.39, 0.29) is 13.6 Å². The average Bonchev–Trinajstić information content (AvgIpc) is 1.78. The third-order valence-electron chi connectivity index (χ3n) is 0. The zero-order valence-electron chi connectivity index (χ0n) is 3.25. The lowest BCUT2D eigenvalue weighted by Gasteiger charge is -0.945. The van der Waals surface area contributed by atoms with Crippen molar-refractivity contribution in [3.8, 4) is 0 Å². The molecule has 0 heterocycles. The van der Waals surface area contributed by atoms with Crippen LogP contribution in [0.2, 0.25) is 0 Å². The second-order valence-corrected chi connectivity index (χ2v) is 0.0833. The molecule has 0 aliphatic carbocycles. The van der Waals surface area contributed by atoms with Crippen molar-refractivity contribution < 1.29 is 18.6 Å². The minimum Gasteiger partial charge on any atom is -0.307 e. The monoisotopic (exact) mass is 138 g/mol. The van der Waals surface area contributed by atoms with Crippen LogP contribution < -0.4 is 0 Å². The highest BCUT2D eigenvalue weighted by Crippen LogP contribution is 0.787. The summed E-state index contributed by atoms with van der Waals surface area (Å²) in [6.45, 7) is 2.00. The van der Waals surface area contributed by atoms with Gasteiger partial charge in [-0.2, -0.15) is 13.8 Å². The van der Waals surface area contributed by atoms with Crippen molar-refractivity contribution in [1.82, 2.24) is 0 Å². The summed E-state index contributed by atoms with van der Waals surface area (Å²) in [5.41, 5.74) is 0. The maximum atomic E-state index is 8.12. The van der Waals surface area contributed by atoms with Crippen LogP contribution in [0.25, 0.3) is 0 Å². The molecule has 0 spiro atoms. The smallest absolute Gasteiger partial charge is 0.307 e. The van der Waals surface area contributed by atoms with E-state index in [1.807, 2.05) is 6.79 Å². The summed E-state index contributed by atoms with van der Waals surface area (Å²) in [5, 5.41) is 0. The van der Waals surface area contributed by atoms with Crippen LogP contribution in [-0.2, 0) is 26.9 Å². The van der Waals surface area contributed by atoms with Crippen molar-refractivity contribution in [3.63, 3.8) is 0 Å². The Hall–Kier alpha value is -0.930. The van der Waals surface area contributed by atoms with E-state index < -0.39 is 0 Å². The van der Waals surface area contributed by atoms with Gasteiger partial charge in [-0.25, -0.2) is 0 Å². The Morgan fingerprint density at radius 1 is 1.12 bits per heavy atom. The summed E-state index contributed by atoms with van der Waals surface area (Å²) in [7, 11) is 0. The molecule has 0 aliphatic rings. The molecule has 0 unspecified atom stereocenters. The Kier molecular flexibility index (Phi) is 110000. The van der Waals surface area contributed by atoms with Gasteiger partial charge in [-0.05, 0) is 0 Å². The highest BCUT2D eigenvalue weighted by Gasteiger charge is 1.13. The van der Waals surface area contributed by atoms with Crippen molar-refractivity contribution >= 4 is 25.5 Å². The zero-order valence-corrected chi connectivity index (χ0v) is 4.06. The van der Waals surface area contributed by atoms with Gasteiger partial charge in [0.1, 0.15) is 6.79 Å². The van der Waals surface area contributed by atoms with E-state index in [9.17, 15) is 0 Å². The molecular formula is C3H6O4S. The van der Waals surface area contributed by atoms with Gasteiger partial charge in [0.2, 0.25) is 0 Å². The second-order valence-electron chi connectivity index (χ2n) is 0.0833. The highest BCUT2D eigenvalue weighted by molar-refractivity contribution is 7.44. The molecule has 5 heteroatoms. The van der Waals surface area contributed by atoms with E-state index in [0.717, 1.165) is 0 Å². The predicted octanol–water partition coefficient (Wildman–Crippen LogP) is -0.469. The first kappa shape index (κ1) is 27.6. The van der Waals surface area contributed by atoms with Gasteiger partial charge in [0.15, 0.2) is 12.5 Å². The quantitative estimate of drug-likeness (QED) is 0.452. The third kappa shape index (κ3) is 97.1. The summed E-state index contributed by atoms with van der Waals surface area (Å²) < 4.78 is 7.83. The van der Waals surface area contributed by atoms with E-state index in [4.69, 9.17) is 18.6 Å². The summed E-state index contributed by atoms with van der Waals surface area (Å²) in [6, 6.07) is 0. The minimum atomic E-state index is 0. The molecule has 0 aromatic heterocycles. The standard InChI is InChI=1S/CO2.CH2O.CH4.OS/c2-1-3;1-2;;1-2/h;1H2;1H4;. The fourth-order valence-electron chi connectivity index (χ4n) is 0. The van der Waals surface area contributed by atoms with E-state index in [2.05, 4.69) is 12.5 Å². The molecule has 0 amide bonds. The number of carbonyl (C=O) groups excluding carboxylic acids is 3. The fraction of sp³-hybridized carbons (Fsp3) is 0.333. The Balaban J connectivity index is -0.0000000147. The molecule has 0 bridgehead atoms. The first-order valence-electron chi connectivity index (χ1n) is 0.864.